The number of amides is 1. The van der Waals surface area contributed by atoms with Crippen molar-refractivity contribution in [2.24, 2.45) is 10.8 Å². The molecule has 1 N–H and O–H groups in total. The van der Waals surface area contributed by atoms with Crippen LogP contribution in [0, 0.1) is 16.6 Å². The maximum absolute atomic E-state index is 13.8. The topological polar surface area (TPSA) is 38.3 Å². The highest BCUT2D eigenvalue weighted by atomic mass is 19.1. The van der Waals surface area contributed by atoms with E-state index in [9.17, 15) is 9.18 Å². The van der Waals surface area contributed by atoms with Gasteiger partial charge in [0.2, 0.25) is 0 Å². The largest absolute Gasteiger partial charge is 0.497 e. The number of ether oxygens (including phenoxy) is 1. The van der Waals surface area contributed by atoms with Gasteiger partial charge in [0.1, 0.15) is 11.6 Å². The SMILES string of the molecule is COc1ccc(C(=O)NC2C(C)(C)C2(C)C)c(F)c1. The van der Waals surface area contributed by atoms with E-state index < -0.39 is 5.82 Å². The maximum atomic E-state index is 13.8. The molecule has 0 aromatic heterocycles. The van der Waals surface area contributed by atoms with Gasteiger partial charge in [0.05, 0.1) is 12.7 Å². The van der Waals surface area contributed by atoms with Crippen LogP contribution < -0.4 is 10.1 Å². The maximum Gasteiger partial charge on any atom is 0.254 e. The Morgan fingerprint density at radius 1 is 1.26 bits per heavy atom. The molecule has 0 bridgehead atoms. The second-order valence-corrected chi connectivity index (χ2v) is 6.20. The van der Waals surface area contributed by atoms with Crippen LogP contribution >= 0.6 is 0 Å². The summed E-state index contributed by atoms with van der Waals surface area (Å²) in [5.41, 5.74) is 0.122. The van der Waals surface area contributed by atoms with Gasteiger partial charge in [-0.1, -0.05) is 27.7 Å². The Morgan fingerprint density at radius 3 is 2.26 bits per heavy atom. The van der Waals surface area contributed by atoms with Gasteiger partial charge in [0.15, 0.2) is 0 Å². The number of benzene rings is 1. The fraction of sp³-hybridized carbons (Fsp3) is 0.533. The third-order valence-electron chi connectivity index (χ3n) is 4.72. The minimum absolute atomic E-state index is 0.0333. The Bertz CT molecular complexity index is 509. The van der Waals surface area contributed by atoms with E-state index in [0.717, 1.165) is 0 Å². The minimum Gasteiger partial charge on any atom is -0.497 e. The Kier molecular flexibility index (Phi) is 3.07. The van der Waals surface area contributed by atoms with Gasteiger partial charge in [-0.05, 0) is 23.0 Å². The molecule has 1 saturated carbocycles. The first-order chi connectivity index (χ1) is 8.71. The number of methoxy groups -OCH3 is 1. The van der Waals surface area contributed by atoms with E-state index in [0.29, 0.717) is 5.75 Å². The lowest BCUT2D eigenvalue weighted by molar-refractivity contribution is 0.0939. The average molecular weight is 265 g/mol. The third kappa shape index (κ3) is 2.09. The van der Waals surface area contributed by atoms with E-state index in [2.05, 4.69) is 33.0 Å². The number of hydrogen-bond donors (Lipinski definition) is 1. The quantitative estimate of drug-likeness (QED) is 0.912. The van der Waals surface area contributed by atoms with Crippen molar-refractivity contribution in [1.82, 2.24) is 5.32 Å². The van der Waals surface area contributed by atoms with Gasteiger partial charge in [-0.15, -0.1) is 0 Å². The number of nitrogens with one attached hydrogen (secondary N) is 1. The van der Waals surface area contributed by atoms with Crippen molar-refractivity contribution >= 4 is 5.91 Å². The number of hydrogen-bond acceptors (Lipinski definition) is 2. The van der Waals surface area contributed by atoms with Crippen LogP contribution in [0.1, 0.15) is 38.1 Å². The van der Waals surface area contributed by atoms with Crippen molar-refractivity contribution in [2.45, 2.75) is 33.7 Å². The second-order valence-electron chi connectivity index (χ2n) is 6.20. The van der Waals surface area contributed by atoms with E-state index in [1.54, 1.807) is 6.07 Å². The Balaban J connectivity index is 2.14. The summed E-state index contributed by atoms with van der Waals surface area (Å²) in [5.74, 6) is -0.530. The molecule has 19 heavy (non-hydrogen) atoms. The molecular formula is C15H20FNO2. The van der Waals surface area contributed by atoms with Gasteiger partial charge in [-0.3, -0.25) is 4.79 Å². The summed E-state index contributed by atoms with van der Waals surface area (Å²) < 4.78 is 18.7. The van der Waals surface area contributed by atoms with Gasteiger partial charge < -0.3 is 10.1 Å². The fourth-order valence-electron chi connectivity index (χ4n) is 2.57. The molecule has 4 heteroatoms. The van der Waals surface area contributed by atoms with Crippen LogP contribution in [0.3, 0.4) is 0 Å². The molecule has 0 spiro atoms. The lowest BCUT2D eigenvalue weighted by atomic mass is 10.0. The lowest BCUT2D eigenvalue weighted by Crippen LogP contribution is -2.30. The average Bonchev–Trinajstić information content (AvgIpc) is 2.71. The van der Waals surface area contributed by atoms with Gasteiger partial charge in [-0.25, -0.2) is 4.39 Å². The van der Waals surface area contributed by atoms with Crippen LogP contribution in [-0.4, -0.2) is 19.1 Å². The zero-order valence-corrected chi connectivity index (χ0v) is 12.0. The predicted molar refractivity (Wildman–Crippen MR) is 71.8 cm³/mol. The molecule has 1 aliphatic carbocycles. The van der Waals surface area contributed by atoms with Crippen molar-refractivity contribution in [3.05, 3.63) is 29.6 Å². The minimum atomic E-state index is -0.562. The molecular weight excluding hydrogens is 245 g/mol. The molecule has 1 aromatic carbocycles. The number of rotatable bonds is 3. The highest BCUT2D eigenvalue weighted by Crippen LogP contribution is 2.62. The Hall–Kier alpha value is -1.58. The molecule has 1 amide bonds. The summed E-state index contributed by atoms with van der Waals surface area (Å²) in [5, 5.41) is 2.91. The molecule has 0 aliphatic heterocycles. The highest BCUT2D eigenvalue weighted by Gasteiger charge is 2.65. The fourth-order valence-corrected chi connectivity index (χ4v) is 2.57. The predicted octanol–water partition coefficient (Wildman–Crippen LogP) is 3.00. The molecule has 1 fully saturated rings. The Labute approximate surface area is 113 Å². The van der Waals surface area contributed by atoms with Crippen LogP contribution in [0.5, 0.6) is 5.75 Å². The summed E-state index contributed by atoms with van der Waals surface area (Å²) >= 11 is 0. The normalized spacial score (nSPS) is 19.9. The molecule has 0 unspecified atom stereocenters. The molecule has 1 aliphatic rings. The molecule has 0 radical (unpaired) electrons. The monoisotopic (exact) mass is 265 g/mol. The Morgan fingerprint density at radius 2 is 1.84 bits per heavy atom. The van der Waals surface area contributed by atoms with Gasteiger partial charge in [0.25, 0.3) is 5.91 Å². The number of carbonyl (C=O) groups is 1. The lowest BCUT2D eigenvalue weighted by Gasteiger charge is -2.08. The number of carbonyl (C=O) groups excluding carboxylic acids is 1. The molecule has 2 rings (SSSR count). The van der Waals surface area contributed by atoms with Gasteiger partial charge in [-0.2, -0.15) is 0 Å². The number of halogens is 1. The summed E-state index contributed by atoms with van der Waals surface area (Å²) in [6, 6.07) is 4.32. The molecule has 104 valence electrons. The summed E-state index contributed by atoms with van der Waals surface area (Å²) in [7, 11) is 1.46. The second kappa shape index (κ2) is 4.22. The van der Waals surface area contributed by atoms with Crippen molar-refractivity contribution in [3.63, 3.8) is 0 Å². The van der Waals surface area contributed by atoms with E-state index >= 15 is 0 Å². The summed E-state index contributed by atoms with van der Waals surface area (Å²) in [6.45, 7) is 8.40. The zero-order valence-electron chi connectivity index (χ0n) is 12.0. The van der Waals surface area contributed by atoms with E-state index in [1.807, 2.05) is 0 Å². The molecule has 1 aromatic rings. The van der Waals surface area contributed by atoms with Gasteiger partial charge in [0, 0.05) is 12.1 Å². The third-order valence-corrected chi connectivity index (χ3v) is 4.72. The van der Waals surface area contributed by atoms with E-state index in [4.69, 9.17) is 4.74 Å². The van der Waals surface area contributed by atoms with Crippen molar-refractivity contribution in [3.8, 4) is 5.75 Å². The molecule has 0 saturated heterocycles. The van der Waals surface area contributed by atoms with Crippen LogP contribution in [0.25, 0.3) is 0 Å². The summed E-state index contributed by atoms with van der Waals surface area (Å²) in [6.07, 6.45) is 0. The first kappa shape index (κ1) is 13.8. The van der Waals surface area contributed by atoms with Gasteiger partial charge >= 0.3 is 0 Å². The van der Waals surface area contributed by atoms with Crippen LogP contribution in [-0.2, 0) is 0 Å². The molecule has 3 nitrogen and oxygen atoms in total. The molecule has 0 heterocycles. The summed E-state index contributed by atoms with van der Waals surface area (Å²) in [4.78, 5) is 12.1. The van der Waals surface area contributed by atoms with Crippen LogP contribution in [0.2, 0.25) is 0 Å². The van der Waals surface area contributed by atoms with Crippen molar-refractivity contribution in [1.29, 1.82) is 0 Å². The van der Waals surface area contributed by atoms with Crippen molar-refractivity contribution in [2.75, 3.05) is 7.11 Å². The zero-order chi connectivity index (χ0) is 14.4. The highest BCUT2D eigenvalue weighted by molar-refractivity contribution is 5.95. The standard InChI is InChI=1S/C15H20FNO2/c1-14(2)13(15(14,3)4)17-12(18)10-7-6-9(19-5)8-11(10)16/h6-8,13H,1-5H3,(H,17,18). The van der Waals surface area contributed by atoms with Crippen LogP contribution in [0.4, 0.5) is 4.39 Å². The van der Waals surface area contributed by atoms with E-state index in [1.165, 1.54) is 19.2 Å². The first-order valence-corrected chi connectivity index (χ1v) is 6.36. The smallest absolute Gasteiger partial charge is 0.254 e. The molecule has 0 atom stereocenters. The van der Waals surface area contributed by atoms with Crippen molar-refractivity contribution < 1.29 is 13.9 Å². The van der Waals surface area contributed by atoms with E-state index in [-0.39, 0.29) is 28.3 Å². The first-order valence-electron chi connectivity index (χ1n) is 6.36. The van der Waals surface area contributed by atoms with Crippen LogP contribution in [0.15, 0.2) is 18.2 Å².